The second-order valence-corrected chi connectivity index (χ2v) is 6.46. The number of ether oxygens (including phenoxy) is 4. The first kappa shape index (κ1) is 24.3. The Morgan fingerprint density at radius 3 is 2.04 bits per heavy atom. The van der Waals surface area contributed by atoms with Gasteiger partial charge in [0.2, 0.25) is 5.91 Å². The number of esters is 1. The van der Waals surface area contributed by atoms with Crippen LogP contribution in [-0.2, 0) is 33.3 Å². The maximum atomic E-state index is 11.4. The highest BCUT2D eigenvalue weighted by atomic mass is 16.6. The van der Waals surface area contributed by atoms with E-state index < -0.39 is 17.5 Å². The minimum atomic E-state index is -0.987. The molecule has 0 fully saturated rings. The van der Waals surface area contributed by atoms with Gasteiger partial charge in [0.1, 0.15) is 12.2 Å². The third kappa shape index (κ3) is 18.6. The molecule has 0 aromatic carbocycles. The van der Waals surface area contributed by atoms with Crippen molar-refractivity contribution in [2.75, 3.05) is 46.2 Å². The number of carboxylic acid groups (broad SMARTS) is 1. The van der Waals surface area contributed by atoms with E-state index >= 15 is 0 Å². The third-order valence-corrected chi connectivity index (χ3v) is 2.74. The predicted molar refractivity (Wildman–Crippen MR) is 92.8 cm³/mol. The van der Waals surface area contributed by atoms with Gasteiger partial charge in [-0.3, -0.25) is 9.59 Å². The van der Waals surface area contributed by atoms with Gasteiger partial charge < -0.3 is 29.4 Å². The maximum absolute atomic E-state index is 11.4. The topological polar surface area (TPSA) is 120 Å². The van der Waals surface area contributed by atoms with Gasteiger partial charge in [-0.05, 0) is 27.2 Å². The minimum absolute atomic E-state index is 0.0139. The average Bonchev–Trinajstić information content (AvgIpc) is 2.52. The van der Waals surface area contributed by atoms with Crippen LogP contribution < -0.4 is 5.32 Å². The minimum Gasteiger partial charge on any atom is -0.481 e. The molecule has 152 valence electrons. The number of hydrogen-bond donors (Lipinski definition) is 2. The van der Waals surface area contributed by atoms with E-state index in [0.717, 1.165) is 0 Å². The van der Waals surface area contributed by atoms with E-state index in [1.807, 2.05) is 0 Å². The summed E-state index contributed by atoms with van der Waals surface area (Å²) in [6.45, 7) is 7.66. The van der Waals surface area contributed by atoms with Crippen LogP contribution >= 0.6 is 0 Å². The zero-order valence-corrected chi connectivity index (χ0v) is 15.9. The Labute approximate surface area is 154 Å². The molecule has 0 unspecified atom stereocenters. The van der Waals surface area contributed by atoms with Crippen LogP contribution in [0.3, 0.4) is 0 Å². The molecule has 0 bridgehead atoms. The van der Waals surface area contributed by atoms with Gasteiger partial charge in [0.15, 0.2) is 0 Å². The highest BCUT2D eigenvalue weighted by molar-refractivity contribution is 5.80. The van der Waals surface area contributed by atoms with Crippen LogP contribution in [0.5, 0.6) is 0 Å². The first-order valence-electron chi connectivity index (χ1n) is 8.64. The average molecular weight is 377 g/mol. The van der Waals surface area contributed by atoms with Crippen LogP contribution in [0.2, 0.25) is 0 Å². The van der Waals surface area contributed by atoms with Gasteiger partial charge in [0.25, 0.3) is 0 Å². The smallest absolute Gasteiger partial charge is 0.332 e. The standard InChI is InChI=1S/C17H31NO8/c1-17(2,3)26-16(22)13-25-12-11-24-10-9-23-8-4-7-18-14(19)5-6-15(20)21/h4-13H2,1-3H3,(H,18,19)(H,20,21). The van der Waals surface area contributed by atoms with E-state index in [9.17, 15) is 14.4 Å². The summed E-state index contributed by atoms with van der Waals surface area (Å²) in [5.41, 5.74) is -0.518. The van der Waals surface area contributed by atoms with Gasteiger partial charge in [-0.2, -0.15) is 0 Å². The predicted octanol–water partition coefficient (Wildman–Crippen LogP) is 0.749. The second-order valence-electron chi connectivity index (χ2n) is 6.46. The molecule has 0 aromatic heterocycles. The van der Waals surface area contributed by atoms with E-state index in [4.69, 9.17) is 24.1 Å². The quantitative estimate of drug-likeness (QED) is 0.317. The molecule has 0 spiro atoms. The SMILES string of the molecule is CC(C)(C)OC(=O)COCCOCCOCCCNC(=O)CCC(=O)O. The fraction of sp³-hybridized carbons (Fsp3) is 0.824. The molecule has 9 nitrogen and oxygen atoms in total. The lowest BCUT2D eigenvalue weighted by atomic mass is 10.2. The fourth-order valence-corrected chi connectivity index (χ4v) is 1.68. The molecule has 0 saturated heterocycles. The van der Waals surface area contributed by atoms with Crippen molar-refractivity contribution in [3.8, 4) is 0 Å². The Hall–Kier alpha value is -1.71. The number of carboxylic acids is 1. The Balaban J connectivity index is 3.28. The van der Waals surface area contributed by atoms with Crippen LogP contribution in [-0.4, -0.2) is 74.7 Å². The van der Waals surface area contributed by atoms with Crippen LogP contribution in [0.1, 0.15) is 40.0 Å². The summed E-state index contributed by atoms with van der Waals surface area (Å²) < 4.78 is 20.8. The number of aliphatic carboxylic acids is 1. The van der Waals surface area contributed by atoms with Crippen LogP contribution in [0.25, 0.3) is 0 Å². The third-order valence-electron chi connectivity index (χ3n) is 2.74. The summed E-state index contributed by atoms with van der Waals surface area (Å²) in [7, 11) is 0. The van der Waals surface area contributed by atoms with E-state index in [1.54, 1.807) is 20.8 Å². The van der Waals surface area contributed by atoms with Gasteiger partial charge in [-0.15, -0.1) is 0 Å². The summed E-state index contributed by atoms with van der Waals surface area (Å²) in [4.78, 5) is 32.9. The zero-order chi connectivity index (χ0) is 19.8. The van der Waals surface area contributed by atoms with Gasteiger partial charge >= 0.3 is 11.9 Å². The Morgan fingerprint density at radius 1 is 0.885 bits per heavy atom. The lowest BCUT2D eigenvalue weighted by molar-refractivity contribution is -0.160. The van der Waals surface area contributed by atoms with Gasteiger partial charge in [-0.25, -0.2) is 4.79 Å². The van der Waals surface area contributed by atoms with Crippen LogP contribution in [0.4, 0.5) is 0 Å². The maximum Gasteiger partial charge on any atom is 0.332 e. The summed E-state index contributed by atoms with van der Waals surface area (Å²) in [6.07, 6.45) is 0.457. The van der Waals surface area contributed by atoms with Gasteiger partial charge in [-0.1, -0.05) is 0 Å². The number of nitrogens with one attached hydrogen (secondary N) is 1. The Bertz CT molecular complexity index is 419. The molecule has 0 heterocycles. The second kappa shape index (κ2) is 14.5. The van der Waals surface area contributed by atoms with Gasteiger partial charge in [0, 0.05) is 19.6 Å². The molecule has 0 rings (SSSR count). The van der Waals surface area contributed by atoms with Crippen molar-refractivity contribution in [1.82, 2.24) is 5.32 Å². The molecular formula is C17H31NO8. The van der Waals surface area contributed by atoms with E-state index in [-0.39, 0.29) is 25.4 Å². The van der Waals surface area contributed by atoms with E-state index in [0.29, 0.717) is 46.0 Å². The first-order chi connectivity index (χ1) is 12.2. The molecule has 0 aliphatic rings. The molecule has 26 heavy (non-hydrogen) atoms. The van der Waals surface area contributed by atoms with Crippen molar-refractivity contribution in [2.24, 2.45) is 0 Å². The summed E-state index contributed by atoms with van der Waals surface area (Å²) in [6, 6.07) is 0. The molecular weight excluding hydrogens is 346 g/mol. The summed E-state index contributed by atoms with van der Waals surface area (Å²) in [5, 5.41) is 11.1. The fourth-order valence-electron chi connectivity index (χ4n) is 1.68. The zero-order valence-electron chi connectivity index (χ0n) is 15.9. The monoisotopic (exact) mass is 377 g/mol. The normalized spacial score (nSPS) is 11.2. The van der Waals surface area contributed by atoms with Crippen molar-refractivity contribution in [3.05, 3.63) is 0 Å². The number of carbonyl (C=O) groups is 3. The highest BCUT2D eigenvalue weighted by Gasteiger charge is 2.15. The summed E-state index contributed by atoms with van der Waals surface area (Å²) in [5.74, 6) is -1.67. The first-order valence-corrected chi connectivity index (χ1v) is 8.64. The number of rotatable bonds is 15. The van der Waals surface area contributed by atoms with Crippen molar-refractivity contribution >= 4 is 17.8 Å². The summed E-state index contributed by atoms with van der Waals surface area (Å²) >= 11 is 0. The number of carbonyl (C=O) groups excluding carboxylic acids is 2. The largest absolute Gasteiger partial charge is 0.481 e. The molecule has 9 heteroatoms. The van der Waals surface area contributed by atoms with Crippen LogP contribution in [0, 0.1) is 0 Å². The number of hydrogen-bond acceptors (Lipinski definition) is 7. The van der Waals surface area contributed by atoms with E-state index in [2.05, 4.69) is 5.32 Å². The Kier molecular flexibility index (Phi) is 13.5. The van der Waals surface area contributed by atoms with Gasteiger partial charge in [0.05, 0.1) is 32.8 Å². The molecule has 0 aliphatic carbocycles. The molecule has 0 saturated carbocycles. The molecule has 0 aliphatic heterocycles. The Morgan fingerprint density at radius 2 is 1.46 bits per heavy atom. The van der Waals surface area contributed by atoms with Crippen molar-refractivity contribution in [2.45, 2.75) is 45.6 Å². The van der Waals surface area contributed by atoms with E-state index in [1.165, 1.54) is 0 Å². The lowest BCUT2D eigenvalue weighted by Crippen LogP contribution is -2.27. The molecule has 0 radical (unpaired) electrons. The molecule has 0 atom stereocenters. The number of amides is 1. The van der Waals surface area contributed by atoms with Crippen molar-refractivity contribution in [3.63, 3.8) is 0 Å². The van der Waals surface area contributed by atoms with Crippen molar-refractivity contribution in [1.29, 1.82) is 0 Å². The molecule has 0 aromatic rings. The lowest BCUT2D eigenvalue weighted by Gasteiger charge is -2.19. The molecule has 1 amide bonds. The van der Waals surface area contributed by atoms with Crippen molar-refractivity contribution < 1.29 is 38.4 Å². The highest BCUT2D eigenvalue weighted by Crippen LogP contribution is 2.06. The molecule has 2 N–H and O–H groups in total. The van der Waals surface area contributed by atoms with Crippen LogP contribution in [0.15, 0.2) is 0 Å².